The lowest BCUT2D eigenvalue weighted by Gasteiger charge is -2.27. The van der Waals surface area contributed by atoms with E-state index >= 15 is 0 Å². The summed E-state index contributed by atoms with van der Waals surface area (Å²) in [5.74, 6) is 0. The summed E-state index contributed by atoms with van der Waals surface area (Å²) in [5.41, 5.74) is 4.28. The van der Waals surface area contributed by atoms with Crippen LogP contribution in [-0.2, 0) is 5.66 Å². The Morgan fingerprint density at radius 3 is 2.78 bits per heavy atom. The first-order chi connectivity index (χ1) is 8.57. The van der Waals surface area contributed by atoms with Crippen LogP contribution in [0.15, 0.2) is 28.7 Å². The van der Waals surface area contributed by atoms with E-state index in [9.17, 15) is 0 Å². The summed E-state index contributed by atoms with van der Waals surface area (Å²) in [6, 6.07) is 8.18. The van der Waals surface area contributed by atoms with Crippen molar-refractivity contribution in [3.05, 3.63) is 34.3 Å². The molecular weight excluding hydrogens is 310 g/mol. The molecule has 2 N–H and O–H groups in total. The number of hydrogen-bond acceptors (Lipinski definition) is 2. The highest BCUT2D eigenvalue weighted by molar-refractivity contribution is 9.10. The molecule has 1 saturated heterocycles. The van der Waals surface area contributed by atoms with Crippen molar-refractivity contribution in [3.63, 3.8) is 0 Å². The molecule has 1 aliphatic rings. The summed E-state index contributed by atoms with van der Waals surface area (Å²) in [6.07, 6.45) is 2.29. The molecule has 1 atom stereocenters. The molecular formula is C13H18BrN3S. The first-order valence-electron chi connectivity index (χ1n) is 6.19. The minimum Gasteiger partial charge on any atom is -0.338 e. The lowest BCUT2D eigenvalue weighted by Crippen LogP contribution is -2.46. The molecule has 0 unspecified atom stereocenters. The Morgan fingerprint density at radius 2 is 2.11 bits per heavy atom. The molecule has 0 radical (unpaired) electrons. The van der Waals surface area contributed by atoms with Crippen LogP contribution in [0.4, 0.5) is 0 Å². The van der Waals surface area contributed by atoms with Crippen LogP contribution in [-0.4, -0.2) is 16.7 Å². The van der Waals surface area contributed by atoms with Gasteiger partial charge in [-0.15, -0.1) is 0 Å². The average molecular weight is 328 g/mol. The number of benzene rings is 1. The molecule has 3 nitrogen and oxygen atoms in total. The minimum absolute atomic E-state index is 0.342. The summed E-state index contributed by atoms with van der Waals surface area (Å²) >= 11 is 8.98. The van der Waals surface area contributed by atoms with Crippen molar-refractivity contribution < 1.29 is 0 Å². The Hall–Kier alpha value is -0.650. The SMILES string of the molecule is CCCCN1N[C@@](C)(c2ccccc2Br)NC1=S. The topological polar surface area (TPSA) is 27.3 Å². The summed E-state index contributed by atoms with van der Waals surface area (Å²) in [5, 5.41) is 6.15. The van der Waals surface area contributed by atoms with Gasteiger partial charge in [-0.2, -0.15) is 0 Å². The number of halogens is 1. The zero-order chi connectivity index (χ0) is 13.2. The van der Waals surface area contributed by atoms with Gasteiger partial charge in [0.25, 0.3) is 0 Å². The molecule has 0 bridgehead atoms. The fourth-order valence-corrected chi connectivity index (χ4v) is 3.12. The van der Waals surface area contributed by atoms with Gasteiger partial charge >= 0.3 is 0 Å². The molecule has 0 aliphatic carbocycles. The largest absolute Gasteiger partial charge is 0.338 e. The van der Waals surface area contributed by atoms with Crippen molar-refractivity contribution in [2.75, 3.05) is 6.54 Å². The number of hydrazine groups is 1. The maximum absolute atomic E-state index is 5.38. The van der Waals surface area contributed by atoms with Crippen LogP contribution in [0.1, 0.15) is 32.3 Å². The molecule has 1 fully saturated rings. The van der Waals surface area contributed by atoms with E-state index in [1.165, 1.54) is 0 Å². The number of thiocarbonyl (C=S) groups is 1. The van der Waals surface area contributed by atoms with Crippen LogP contribution < -0.4 is 10.7 Å². The third-order valence-electron chi connectivity index (χ3n) is 3.11. The number of nitrogens with one attached hydrogen (secondary N) is 2. The van der Waals surface area contributed by atoms with Crippen LogP contribution in [0.25, 0.3) is 0 Å². The van der Waals surface area contributed by atoms with Gasteiger partial charge in [0, 0.05) is 16.6 Å². The minimum atomic E-state index is -0.342. The van der Waals surface area contributed by atoms with E-state index in [1.54, 1.807) is 0 Å². The molecule has 1 heterocycles. The molecule has 1 aliphatic heterocycles. The summed E-state index contributed by atoms with van der Waals surface area (Å²) < 4.78 is 1.08. The van der Waals surface area contributed by atoms with Gasteiger partial charge in [-0.05, 0) is 31.6 Å². The zero-order valence-corrected chi connectivity index (χ0v) is 13.1. The lowest BCUT2D eigenvalue weighted by atomic mass is 10.0. The molecule has 0 saturated carbocycles. The van der Waals surface area contributed by atoms with Crippen LogP contribution in [0.2, 0.25) is 0 Å². The van der Waals surface area contributed by atoms with Gasteiger partial charge in [-0.1, -0.05) is 47.5 Å². The predicted octanol–water partition coefficient (Wildman–Crippen LogP) is 3.12. The van der Waals surface area contributed by atoms with Crippen molar-refractivity contribution in [2.45, 2.75) is 32.4 Å². The number of nitrogens with zero attached hydrogens (tertiary/aromatic N) is 1. The van der Waals surface area contributed by atoms with Crippen molar-refractivity contribution in [3.8, 4) is 0 Å². The molecule has 98 valence electrons. The Bertz CT molecular complexity index is 452. The maximum Gasteiger partial charge on any atom is 0.185 e. The number of rotatable bonds is 4. The van der Waals surface area contributed by atoms with E-state index in [0.717, 1.165) is 34.5 Å². The second-order valence-electron chi connectivity index (χ2n) is 4.65. The molecule has 0 aromatic heterocycles. The number of hydrogen-bond donors (Lipinski definition) is 2. The lowest BCUT2D eigenvalue weighted by molar-refractivity contribution is 0.232. The summed E-state index contributed by atoms with van der Waals surface area (Å²) in [7, 11) is 0. The van der Waals surface area contributed by atoms with Gasteiger partial charge in [0.1, 0.15) is 5.66 Å². The Labute approximate surface area is 122 Å². The Morgan fingerprint density at radius 1 is 1.39 bits per heavy atom. The van der Waals surface area contributed by atoms with E-state index in [2.05, 4.69) is 46.6 Å². The summed E-state index contributed by atoms with van der Waals surface area (Å²) in [4.78, 5) is 0. The van der Waals surface area contributed by atoms with Gasteiger partial charge in [-0.3, -0.25) is 5.01 Å². The highest BCUT2D eigenvalue weighted by atomic mass is 79.9. The van der Waals surface area contributed by atoms with Crippen molar-refractivity contribution in [1.29, 1.82) is 0 Å². The van der Waals surface area contributed by atoms with E-state index < -0.39 is 0 Å². The first kappa shape index (κ1) is 13.8. The molecule has 1 aromatic carbocycles. The van der Waals surface area contributed by atoms with Crippen LogP contribution in [0.3, 0.4) is 0 Å². The van der Waals surface area contributed by atoms with Crippen LogP contribution >= 0.6 is 28.1 Å². The average Bonchev–Trinajstić information content (AvgIpc) is 2.63. The van der Waals surface area contributed by atoms with Crippen molar-refractivity contribution >= 4 is 33.3 Å². The fraction of sp³-hybridized carbons (Fsp3) is 0.462. The van der Waals surface area contributed by atoms with E-state index in [4.69, 9.17) is 12.2 Å². The highest BCUT2D eigenvalue weighted by Gasteiger charge is 2.38. The molecule has 0 amide bonds. The zero-order valence-electron chi connectivity index (χ0n) is 10.7. The third kappa shape index (κ3) is 2.68. The van der Waals surface area contributed by atoms with Crippen molar-refractivity contribution in [2.24, 2.45) is 0 Å². The quantitative estimate of drug-likeness (QED) is 0.831. The van der Waals surface area contributed by atoms with E-state index in [-0.39, 0.29) is 5.66 Å². The molecule has 0 spiro atoms. The maximum atomic E-state index is 5.38. The molecule has 1 aromatic rings. The van der Waals surface area contributed by atoms with Gasteiger partial charge in [0.05, 0.1) is 0 Å². The van der Waals surface area contributed by atoms with Gasteiger partial charge in [0.15, 0.2) is 5.11 Å². The molecule has 18 heavy (non-hydrogen) atoms. The second kappa shape index (κ2) is 5.55. The molecule has 5 heteroatoms. The summed E-state index contributed by atoms with van der Waals surface area (Å²) in [6.45, 7) is 5.22. The van der Waals surface area contributed by atoms with Gasteiger partial charge in [-0.25, -0.2) is 5.43 Å². The second-order valence-corrected chi connectivity index (χ2v) is 5.89. The van der Waals surface area contributed by atoms with E-state index in [1.807, 2.05) is 23.2 Å². The monoisotopic (exact) mass is 327 g/mol. The van der Waals surface area contributed by atoms with Crippen LogP contribution in [0, 0.1) is 0 Å². The Kier molecular flexibility index (Phi) is 4.25. The van der Waals surface area contributed by atoms with Crippen molar-refractivity contribution in [1.82, 2.24) is 15.8 Å². The normalized spacial score (nSPS) is 23.3. The fourth-order valence-electron chi connectivity index (χ4n) is 2.10. The van der Waals surface area contributed by atoms with E-state index in [0.29, 0.717) is 0 Å². The highest BCUT2D eigenvalue weighted by Crippen LogP contribution is 2.29. The van der Waals surface area contributed by atoms with Crippen LogP contribution in [0.5, 0.6) is 0 Å². The Balaban J connectivity index is 2.19. The third-order valence-corrected chi connectivity index (χ3v) is 4.12. The smallest absolute Gasteiger partial charge is 0.185 e. The van der Waals surface area contributed by atoms with Gasteiger partial charge < -0.3 is 5.32 Å². The molecule has 2 rings (SSSR count). The van der Waals surface area contributed by atoms with Gasteiger partial charge in [0.2, 0.25) is 0 Å². The first-order valence-corrected chi connectivity index (χ1v) is 7.39. The standard InChI is InChI=1S/C13H18BrN3S/c1-3-4-9-17-12(18)15-13(2,16-17)10-7-5-6-8-11(10)14/h5-8,16H,3-4,9H2,1-2H3,(H,15,18)/t13-/m0/s1. The predicted molar refractivity (Wildman–Crippen MR) is 82.0 cm³/mol. The number of unbranched alkanes of at least 4 members (excludes halogenated alkanes) is 1.